The van der Waals surface area contributed by atoms with E-state index in [1.807, 2.05) is 22.8 Å². The number of hydrogen-bond donors (Lipinski definition) is 1. The molecular formula is C21H23N2O5S+. The van der Waals surface area contributed by atoms with Crippen LogP contribution >= 0.6 is 11.3 Å². The van der Waals surface area contributed by atoms with E-state index in [9.17, 15) is 14.4 Å². The highest BCUT2D eigenvalue weighted by Crippen LogP contribution is 2.46. The third-order valence-electron chi connectivity index (χ3n) is 5.81. The molecule has 2 saturated heterocycles. The quantitative estimate of drug-likeness (QED) is 0.591. The number of esters is 1. The zero-order valence-corrected chi connectivity index (χ0v) is 17.3. The van der Waals surface area contributed by atoms with Gasteiger partial charge in [-0.1, -0.05) is 12.1 Å². The molecule has 152 valence electrons. The lowest BCUT2D eigenvalue weighted by Gasteiger charge is -2.26. The second kappa shape index (κ2) is 7.27. The topological polar surface area (TPSA) is 89.5 Å². The number of rotatable bonds is 5. The van der Waals surface area contributed by atoms with Crippen LogP contribution in [0.4, 0.5) is 5.69 Å². The number of fused-ring (bicyclic) bond motifs is 1. The number of carbonyl (C=O) groups excluding carboxylic acids is 3. The molecule has 7 nitrogen and oxygen atoms in total. The molecule has 0 spiro atoms. The van der Waals surface area contributed by atoms with Crippen molar-refractivity contribution >= 4 is 34.8 Å². The summed E-state index contributed by atoms with van der Waals surface area (Å²) in [4.78, 5) is 42.0. The lowest BCUT2D eigenvalue weighted by molar-refractivity contribution is -0.730. The number of anilines is 1. The number of benzene rings is 1. The number of methoxy groups -OCH3 is 1. The summed E-state index contributed by atoms with van der Waals surface area (Å²) in [5.41, 5.74) is -0.722. The van der Waals surface area contributed by atoms with E-state index in [0.29, 0.717) is 11.4 Å². The van der Waals surface area contributed by atoms with E-state index >= 15 is 0 Å². The molecule has 0 saturated carbocycles. The van der Waals surface area contributed by atoms with E-state index in [4.69, 9.17) is 9.47 Å². The van der Waals surface area contributed by atoms with Crippen LogP contribution in [0.25, 0.3) is 0 Å². The van der Waals surface area contributed by atoms with Crippen LogP contribution in [-0.4, -0.2) is 37.0 Å². The Bertz CT molecular complexity index is 960. The van der Waals surface area contributed by atoms with Gasteiger partial charge in [0.15, 0.2) is 0 Å². The van der Waals surface area contributed by atoms with Gasteiger partial charge in [-0.3, -0.25) is 9.59 Å². The number of nitrogens with zero attached hydrogens (tertiary/aromatic N) is 1. The van der Waals surface area contributed by atoms with Crippen molar-refractivity contribution in [2.75, 3.05) is 18.6 Å². The normalized spacial score (nSPS) is 28.5. The Balaban J connectivity index is 1.80. The number of amides is 2. The van der Waals surface area contributed by atoms with Crippen molar-refractivity contribution in [1.29, 1.82) is 0 Å². The number of hydrogen-bond acceptors (Lipinski definition) is 6. The van der Waals surface area contributed by atoms with Gasteiger partial charge >= 0.3 is 5.97 Å². The van der Waals surface area contributed by atoms with Crippen LogP contribution in [0.5, 0.6) is 5.75 Å². The minimum Gasteiger partial charge on any atom is -0.497 e. The average Bonchev–Trinajstić information content (AvgIpc) is 3.40. The van der Waals surface area contributed by atoms with Crippen LogP contribution in [0.15, 0.2) is 41.8 Å². The first kappa shape index (κ1) is 19.6. The zero-order valence-electron chi connectivity index (χ0n) is 16.5. The van der Waals surface area contributed by atoms with Crippen LogP contribution < -0.4 is 15.0 Å². The minimum absolute atomic E-state index is 0.213. The Kier molecular flexibility index (Phi) is 4.92. The highest BCUT2D eigenvalue weighted by Gasteiger charge is 2.71. The molecular weight excluding hydrogens is 392 g/mol. The van der Waals surface area contributed by atoms with Crippen molar-refractivity contribution in [2.24, 2.45) is 11.8 Å². The first-order valence-electron chi connectivity index (χ1n) is 9.51. The fraction of sp³-hybridized carbons (Fsp3) is 0.381. The lowest BCUT2D eigenvalue weighted by Crippen LogP contribution is -2.97. The fourth-order valence-corrected chi connectivity index (χ4v) is 5.33. The molecule has 0 radical (unpaired) electrons. The van der Waals surface area contributed by atoms with Crippen LogP contribution in [-0.2, 0) is 19.1 Å². The number of thiophene rings is 1. The molecule has 0 unspecified atom stereocenters. The molecule has 2 N–H and O–H groups in total. The smallest absolute Gasteiger partial charge is 0.368 e. The third-order valence-corrected chi connectivity index (χ3v) is 6.78. The molecule has 29 heavy (non-hydrogen) atoms. The van der Waals surface area contributed by atoms with Gasteiger partial charge in [0.05, 0.1) is 24.3 Å². The SMILES string of the molecule is CCOC(=O)[C@]1(C)[NH2+][C@@H](c2cccs2)[C@H]2C(=O)N(c3cccc(OC)c3)C(=O)[C@@H]21. The molecule has 0 aliphatic carbocycles. The Morgan fingerprint density at radius 1 is 1.24 bits per heavy atom. The summed E-state index contributed by atoms with van der Waals surface area (Å²) < 4.78 is 10.5. The fourth-order valence-electron chi connectivity index (χ4n) is 4.49. The second-order valence-electron chi connectivity index (χ2n) is 7.43. The van der Waals surface area contributed by atoms with Crippen molar-refractivity contribution in [3.8, 4) is 5.75 Å². The standard InChI is InChI=1S/C21H22N2O5S/c1-4-28-20(26)21(2)16-15(17(22-21)14-9-6-10-29-14)18(24)23(19(16)25)12-7-5-8-13(11-12)27-3/h5-11,15-17,22H,4H2,1-3H3/p+1/t15-,16+,17-,21+/m0/s1. The molecule has 4 rings (SSSR count). The number of ether oxygens (including phenoxy) is 2. The monoisotopic (exact) mass is 415 g/mol. The maximum Gasteiger partial charge on any atom is 0.368 e. The van der Waals surface area contributed by atoms with Crippen molar-refractivity contribution < 1.29 is 29.2 Å². The summed E-state index contributed by atoms with van der Waals surface area (Å²) >= 11 is 1.52. The van der Waals surface area contributed by atoms with Crippen molar-refractivity contribution in [1.82, 2.24) is 0 Å². The molecule has 0 bridgehead atoms. The summed E-state index contributed by atoms with van der Waals surface area (Å²) in [6.45, 7) is 3.65. The lowest BCUT2D eigenvalue weighted by atomic mass is 9.81. The molecule has 2 amide bonds. The van der Waals surface area contributed by atoms with Gasteiger partial charge in [-0.15, -0.1) is 11.3 Å². The maximum atomic E-state index is 13.5. The van der Waals surface area contributed by atoms with E-state index < -0.39 is 23.3 Å². The molecule has 8 heteroatoms. The second-order valence-corrected chi connectivity index (χ2v) is 8.41. The predicted molar refractivity (Wildman–Crippen MR) is 106 cm³/mol. The highest BCUT2D eigenvalue weighted by atomic mass is 32.1. The van der Waals surface area contributed by atoms with Gasteiger partial charge in [-0.2, -0.15) is 0 Å². The van der Waals surface area contributed by atoms with Crippen LogP contribution in [0.1, 0.15) is 24.8 Å². The molecule has 2 aromatic rings. The zero-order chi connectivity index (χ0) is 20.8. The van der Waals surface area contributed by atoms with E-state index in [0.717, 1.165) is 4.88 Å². The Hall–Kier alpha value is -2.71. The highest BCUT2D eigenvalue weighted by molar-refractivity contribution is 7.10. The van der Waals surface area contributed by atoms with Crippen molar-refractivity contribution in [3.05, 3.63) is 46.7 Å². The van der Waals surface area contributed by atoms with Crippen molar-refractivity contribution in [2.45, 2.75) is 25.4 Å². The molecule has 2 aliphatic heterocycles. The Morgan fingerprint density at radius 3 is 2.69 bits per heavy atom. The molecule has 2 fully saturated rings. The number of quaternary nitrogens is 1. The third kappa shape index (κ3) is 2.94. The van der Waals surface area contributed by atoms with Gasteiger partial charge in [0, 0.05) is 13.0 Å². The maximum absolute atomic E-state index is 13.5. The predicted octanol–water partition coefficient (Wildman–Crippen LogP) is 1.50. The molecule has 2 aliphatic rings. The average molecular weight is 415 g/mol. The summed E-state index contributed by atoms with van der Waals surface area (Å²) in [5, 5.41) is 3.77. The van der Waals surface area contributed by atoms with Gasteiger partial charge in [0.2, 0.25) is 17.4 Å². The largest absolute Gasteiger partial charge is 0.497 e. The van der Waals surface area contributed by atoms with Crippen LogP contribution in [0, 0.1) is 11.8 Å². The first-order valence-corrected chi connectivity index (χ1v) is 10.4. The van der Waals surface area contributed by atoms with E-state index in [-0.39, 0.29) is 24.5 Å². The van der Waals surface area contributed by atoms with Gasteiger partial charge in [-0.25, -0.2) is 9.69 Å². The summed E-state index contributed by atoms with van der Waals surface area (Å²) in [6, 6.07) is 10.4. The molecule has 1 aromatic heterocycles. The van der Waals surface area contributed by atoms with Gasteiger partial charge in [0.25, 0.3) is 0 Å². The molecule has 3 heterocycles. The van der Waals surface area contributed by atoms with Crippen LogP contribution in [0.2, 0.25) is 0 Å². The van der Waals surface area contributed by atoms with E-state index in [1.165, 1.54) is 23.3 Å². The van der Waals surface area contributed by atoms with Gasteiger partial charge < -0.3 is 14.8 Å². The number of nitrogens with two attached hydrogens (primary N) is 1. The molecule has 4 atom stereocenters. The summed E-state index contributed by atoms with van der Waals surface area (Å²) in [6.07, 6.45) is 0. The van der Waals surface area contributed by atoms with E-state index in [2.05, 4.69) is 0 Å². The minimum atomic E-state index is -1.17. The van der Waals surface area contributed by atoms with Crippen molar-refractivity contribution in [3.63, 3.8) is 0 Å². The first-order chi connectivity index (χ1) is 13.9. The summed E-state index contributed by atoms with van der Waals surface area (Å²) in [5.74, 6) is -2.03. The van der Waals surface area contributed by atoms with Gasteiger partial charge in [-0.05, 0) is 30.5 Å². The number of imide groups is 1. The van der Waals surface area contributed by atoms with E-state index in [1.54, 1.807) is 38.1 Å². The van der Waals surface area contributed by atoms with Crippen LogP contribution in [0.3, 0.4) is 0 Å². The number of carbonyl (C=O) groups is 3. The Labute approximate surface area is 172 Å². The van der Waals surface area contributed by atoms with Gasteiger partial charge in [0.1, 0.15) is 23.6 Å². The molecule has 1 aromatic carbocycles. The Morgan fingerprint density at radius 2 is 2.03 bits per heavy atom. The summed E-state index contributed by atoms with van der Waals surface area (Å²) in [7, 11) is 1.53.